The van der Waals surface area contributed by atoms with Gasteiger partial charge in [0.2, 0.25) is 5.91 Å². The molecule has 1 saturated heterocycles. The molecule has 2 atom stereocenters. The fraction of sp³-hybridized carbons (Fsp3) is 0.769. The predicted octanol–water partition coefficient (Wildman–Crippen LogP) is 1.60. The normalized spacial score (nSPS) is 24.0. The largest absolute Gasteiger partial charge is 0.377 e. The van der Waals surface area contributed by atoms with Crippen molar-refractivity contribution in [2.24, 2.45) is 0 Å². The molecule has 0 aromatic heterocycles. The number of carbonyl (C=O) groups is 1. The molecule has 1 amide bonds. The smallest absolute Gasteiger partial charge is 0.222 e. The van der Waals surface area contributed by atoms with Gasteiger partial charge in [-0.3, -0.25) is 4.79 Å². The van der Waals surface area contributed by atoms with Crippen LogP contribution in [0.25, 0.3) is 0 Å². The molecule has 0 aromatic rings. The Balaban J connectivity index is 2.31. The lowest BCUT2D eigenvalue weighted by molar-refractivity contribution is -0.130. The van der Waals surface area contributed by atoms with Gasteiger partial charge < -0.3 is 14.4 Å². The number of hydrogen-bond acceptors (Lipinski definition) is 3. The second-order valence-corrected chi connectivity index (χ2v) is 4.38. The van der Waals surface area contributed by atoms with Crippen molar-refractivity contribution in [3.8, 4) is 0 Å². The Morgan fingerprint density at radius 3 is 2.35 bits per heavy atom. The van der Waals surface area contributed by atoms with Crippen molar-refractivity contribution >= 4 is 5.91 Å². The number of nitrogens with zero attached hydrogens (tertiary/aromatic N) is 1. The van der Waals surface area contributed by atoms with Gasteiger partial charge in [-0.05, 0) is 19.3 Å². The summed E-state index contributed by atoms with van der Waals surface area (Å²) in [6.45, 7) is 4.96. The van der Waals surface area contributed by atoms with Crippen molar-refractivity contribution < 1.29 is 14.3 Å². The molecule has 0 aromatic carbocycles. The van der Waals surface area contributed by atoms with Gasteiger partial charge in [0.05, 0.1) is 0 Å². The van der Waals surface area contributed by atoms with E-state index in [1.54, 1.807) is 14.2 Å². The van der Waals surface area contributed by atoms with E-state index in [0.29, 0.717) is 19.5 Å². The molecule has 0 radical (unpaired) electrons. The van der Waals surface area contributed by atoms with Crippen LogP contribution in [0.1, 0.15) is 25.7 Å². The number of carbonyl (C=O) groups excluding carboxylic acids is 1. The van der Waals surface area contributed by atoms with Crippen LogP contribution in [0, 0.1) is 0 Å². The number of amides is 1. The summed E-state index contributed by atoms with van der Waals surface area (Å²) in [6, 6.07) is 0. The molecule has 4 heteroatoms. The third-order valence-electron chi connectivity index (χ3n) is 3.22. The van der Waals surface area contributed by atoms with Gasteiger partial charge in [0, 0.05) is 33.7 Å². The minimum atomic E-state index is 0.0112. The lowest BCUT2D eigenvalue weighted by atomic mass is 10.2. The molecule has 0 aliphatic carbocycles. The molecule has 1 rings (SSSR count). The zero-order valence-corrected chi connectivity index (χ0v) is 10.9. The van der Waals surface area contributed by atoms with Crippen molar-refractivity contribution in [2.45, 2.75) is 37.9 Å². The molecule has 0 spiro atoms. The molecule has 17 heavy (non-hydrogen) atoms. The fourth-order valence-electron chi connectivity index (χ4n) is 2.12. The van der Waals surface area contributed by atoms with E-state index in [1.807, 2.05) is 11.0 Å². The first-order valence-corrected chi connectivity index (χ1v) is 6.17. The minimum Gasteiger partial charge on any atom is -0.377 e. The summed E-state index contributed by atoms with van der Waals surface area (Å²) in [4.78, 5) is 13.8. The van der Waals surface area contributed by atoms with E-state index >= 15 is 0 Å². The van der Waals surface area contributed by atoms with Crippen molar-refractivity contribution in [3.05, 3.63) is 12.7 Å². The lowest BCUT2D eigenvalue weighted by Crippen LogP contribution is -2.29. The van der Waals surface area contributed by atoms with Crippen LogP contribution in [-0.4, -0.2) is 50.3 Å². The van der Waals surface area contributed by atoms with E-state index in [4.69, 9.17) is 9.47 Å². The van der Waals surface area contributed by atoms with Gasteiger partial charge in [0.25, 0.3) is 0 Å². The lowest BCUT2D eigenvalue weighted by Gasteiger charge is -2.15. The molecule has 4 nitrogen and oxygen atoms in total. The molecule has 0 saturated carbocycles. The maximum Gasteiger partial charge on any atom is 0.222 e. The zero-order chi connectivity index (χ0) is 12.7. The van der Waals surface area contributed by atoms with Crippen molar-refractivity contribution in [3.63, 3.8) is 0 Å². The molecule has 0 N–H and O–H groups in total. The number of ether oxygens (including phenoxy) is 2. The number of rotatable bonds is 7. The summed E-state index contributed by atoms with van der Waals surface area (Å²) in [5.41, 5.74) is 0. The number of allylic oxidation sites excluding steroid dienone is 1. The van der Waals surface area contributed by atoms with Crippen LogP contribution in [-0.2, 0) is 14.3 Å². The maximum atomic E-state index is 11.9. The zero-order valence-electron chi connectivity index (χ0n) is 10.9. The van der Waals surface area contributed by atoms with Crippen LogP contribution in [0.5, 0.6) is 0 Å². The Kier molecular flexibility index (Phi) is 6.22. The molecule has 98 valence electrons. The minimum absolute atomic E-state index is 0.0112. The van der Waals surface area contributed by atoms with Crippen LogP contribution in [0.3, 0.4) is 0 Å². The maximum absolute atomic E-state index is 11.9. The topological polar surface area (TPSA) is 38.8 Å². The van der Waals surface area contributed by atoms with E-state index in [9.17, 15) is 4.79 Å². The van der Waals surface area contributed by atoms with E-state index in [0.717, 1.165) is 19.3 Å². The second kappa shape index (κ2) is 7.45. The third kappa shape index (κ3) is 4.13. The molecule has 0 bridgehead atoms. The highest BCUT2D eigenvalue weighted by Crippen LogP contribution is 2.17. The number of unbranched alkanes of at least 4 members (excludes halogenated alkanes) is 2. The van der Waals surface area contributed by atoms with Gasteiger partial charge in [-0.2, -0.15) is 0 Å². The summed E-state index contributed by atoms with van der Waals surface area (Å²) in [6.07, 6.45) is 5.47. The van der Waals surface area contributed by atoms with E-state index < -0.39 is 0 Å². The Morgan fingerprint density at radius 1 is 1.29 bits per heavy atom. The first-order valence-electron chi connectivity index (χ1n) is 6.17. The summed E-state index contributed by atoms with van der Waals surface area (Å²) in [7, 11) is 3.32. The molecular formula is C13H23NO3. The van der Waals surface area contributed by atoms with Gasteiger partial charge in [-0.25, -0.2) is 0 Å². The van der Waals surface area contributed by atoms with Crippen LogP contribution in [0.2, 0.25) is 0 Å². The number of likely N-dealkylation sites (tertiary alicyclic amines) is 1. The molecule has 0 unspecified atom stereocenters. The highest BCUT2D eigenvalue weighted by Gasteiger charge is 2.34. The fourth-order valence-corrected chi connectivity index (χ4v) is 2.12. The van der Waals surface area contributed by atoms with Crippen molar-refractivity contribution in [1.29, 1.82) is 0 Å². The van der Waals surface area contributed by atoms with E-state index in [-0.39, 0.29) is 18.1 Å². The van der Waals surface area contributed by atoms with Gasteiger partial charge in [0.1, 0.15) is 12.2 Å². The van der Waals surface area contributed by atoms with Crippen molar-refractivity contribution in [2.75, 3.05) is 27.3 Å². The standard InChI is InChI=1S/C13H23NO3/c1-4-5-6-7-8-13(15)14-9-11(16-2)12(10-14)17-3/h4,11-12H,1,5-10H2,2-3H3/t11-,12-/m0/s1. The van der Waals surface area contributed by atoms with Gasteiger partial charge in [-0.15, -0.1) is 6.58 Å². The highest BCUT2D eigenvalue weighted by molar-refractivity contribution is 5.76. The van der Waals surface area contributed by atoms with Crippen LogP contribution >= 0.6 is 0 Å². The number of hydrogen-bond donors (Lipinski definition) is 0. The Morgan fingerprint density at radius 2 is 1.88 bits per heavy atom. The summed E-state index contributed by atoms with van der Waals surface area (Å²) in [5.74, 6) is 0.204. The first-order chi connectivity index (χ1) is 8.22. The SMILES string of the molecule is C=CCCCCC(=O)N1C[C@H](OC)[C@@H](OC)C1. The summed E-state index contributed by atoms with van der Waals surface area (Å²) < 4.78 is 10.6. The molecule has 1 aliphatic heterocycles. The van der Waals surface area contributed by atoms with Gasteiger partial charge in [-0.1, -0.05) is 6.08 Å². The average molecular weight is 241 g/mol. The molecular weight excluding hydrogens is 218 g/mol. The van der Waals surface area contributed by atoms with E-state index in [1.165, 1.54) is 0 Å². The first kappa shape index (κ1) is 14.2. The highest BCUT2D eigenvalue weighted by atomic mass is 16.5. The average Bonchev–Trinajstić information content (AvgIpc) is 2.77. The quantitative estimate of drug-likeness (QED) is 0.502. The monoisotopic (exact) mass is 241 g/mol. The third-order valence-corrected chi connectivity index (χ3v) is 3.22. The van der Waals surface area contributed by atoms with Crippen LogP contribution in [0.15, 0.2) is 12.7 Å². The van der Waals surface area contributed by atoms with Crippen molar-refractivity contribution in [1.82, 2.24) is 4.90 Å². The summed E-state index contributed by atoms with van der Waals surface area (Å²) in [5, 5.41) is 0. The van der Waals surface area contributed by atoms with Crippen LogP contribution in [0.4, 0.5) is 0 Å². The second-order valence-electron chi connectivity index (χ2n) is 4.38. The number of methoxy groups -OCH3 is 2. The Bertz CT molecular complexity index is 243. The van der Waals surface area contributed by atoms with Gasteiger partial charge in [0.15, 0.2) is 0 Å². The van der Waals surface area contributed by atoms with E-state index in [2.05, 4.69) is 6.58 Å². The molecule has 1 aliphatic rings. The predicted molar refractivity (Wildman–Crippen MR) is 66.8 cm³/mol. The molecule has 1 heterocycles. The van der Waals surface area contributed by atoms with Crippen LogP contribution < -0.4 is 0 Å². The Hall–Kier alpha value is -0.870. The van der Waals surface area contributed by atoms with Gasteiger partial charge >= 0.3 is 0 Å². The molecule has 1 fully saturated rings. The summed E-state index contributed by atoms with van der Waals surface area (Å²) >= 11 is 0. The Labute approximate surface area is 104 Å².